The number of carbonyl (C=O) groups is 2. The molecule has 0 heterocycles. The van der Waals surface area contributed by atoms with E-state index in [9.17, 15) is 9.59 Å². The molecule has 1 N–H and O–H groups in total. The number of esters is 1. The SMILES string of the molecule is CC[C@H](C)c1ccccc1NC(=O)[C@@H](C)OC(=O)COc1ccccc1. The Morgan fingerprint density at radius 3 is 2.35 bits per heavy atom. The van der Waals surface area contributed by atoms with Gasteiger partial charge in [0.2, 0.25) is 0 Å². The Balaban J connectivity index is 1.88. The normalized spacial score (nSPS) is 12.7. The van der Waals surface area contributed by atoms with Crippen LogP contribution in [0.4, 0.5) is 5.69 Å². The van der Waals surface area contributed by atoms with Crippen LogP contribution in [0.5, 0.6) is 5.75 Å². The largest absolute Gasteiger partial charge is 0.482 e. The van der Waals surface area contributed by atoms with Gasteiger partial charge in [0, 0.05) is 5.69 Å². The molecule has 1 amide bonds. The first-order chi connectivity index (χ1) is 12.5. The molecule has 2 atom stereocenters. The fourth-order valence-electron chi connectivity index (χ4n) is 2.44. The van der Waals surface area contributed by atoms with Crippen LogP contribution in [0, 0.1) is 0 Å². The fraction of sp³-hybridized carbons (Fsp3) is 0.333. The maximum absolute atomic E-state index is 12.4. The highest BCUT2D eigenvalue weighted by Crippen LogP contribution is 2.26. The lowest BCUT2D eigenvalue weighted by molar-refractivity contribution is -0.155. The van der Waals surface area contributed by atoms with Crippen LogP contribution in [-0.4, -0.2) is 24.6 Å². The lowest BCUT2D eigenvalue weighted by Crippen LogP contribution is -2.32. The molecule has 5 heteroatoms. The van der Waals surface area contributed by atoms with Crippen molar-refractivity contribution in [1.29, 1.82) is 0 Å². The smallest absolute Gasteiger partial charge is 0.344 e. The van der Waals surface area contributed by atoms with Gasteiger partial charge in [-0.2, -0.15) is 0 Å². The molecule has 0 aliphatic rings. The summed E-state index contributed by atoms with van der Waals surface area (Å²) in [5.74, 6) is -0.0619. The average molecular weight is 355 g/mol. The molecule has 2 aromatic rings. The second-order valence-electron chi connectivity index (χ2n) is 6.12. The molecule has 0 unspecified atom stereocenters. The van der Waals surface area contributed by atoms with Crippen molar-refractivity contribution in [1.82, 2.24) is 0 Å². The molecule has 0 aromatic heterocycles. The van der Waals surface area contributed by atoms with E-state index in [1.165, 1.54) is 0 Å². The summed E-state index contributed by atoms with van der Waals surface area (Å²) >= 11 is 0. The molecule has 5 nitrogen and oxygen atoms in total. The van der Waals surface area contributed by atoms with E-state index in [2.05, 4.69) is 19.2 Å². The summed E-state index contributed by atoms with van der Waals surface area (Å²) in [7, 11) is 0. The van der Waals surface area contributed by atoms with Gasteiger partial charge in [0.25, 0.3) is 5.91 Å². The monoisotopic (exact) mass is 355 g/mol. The molecule has 0 aliphatic carbocycles. The summed E-state index contributed by atoms with van der Waals surface area (Å²) in [6.07, 6.45) is 0.0562. The zero-order valence-electron chi connectivity index (χ0n) is 15.4. The van der Waals surface area contributed by atoms with Crippen molar-refractivity contribution in [2.24, 2.45) is 0 Å². The van der Waals surface area contributed by atoms with E-state index < -0.39 is 12.1 Å². The van der Waals surface area contributed by atoms with Gasteiger partial charge >= 0.3 is 5.97 Å². The summed E-state index contributed by atoms with van der Waals surface area (Å²) in [4.78, 5) is 24.2. The van der Waals surface area contributed by atoms with Crippen LogP contribution in [0.2, 0.25) is 0 Å². The first kappa shape index (κ1) is 19.5. The first-order valence-corrected chi connectivity index (χ1v) is 8.78. The minimum atomic E-state index is -0.910. The zero-order valence-corrected chi connectivity index (χ0v) is 15.4. The topological polar surface area (TPSA) is 64.6 Å². The Morgan fingerprint density at radius 1 is 1.00 bits per heavy atom. The number of rotatable bonds is 8. The molecular weight excluding hydrogens is 330 g/mol. The Labute approximate surface area is 154 Å². The third kappa shape index (κ3) is 5.62. The van der Waals surface area contributed by atoms with Crippen molar-refractivity contribution >= 4 is 17.6 Å². The summed E-state index contributed by atoms with van der Waals surface area (Å²) < 4.78 is 10.5. The van der Waals surface area contributed by atoms with Gasteiger partial charge in [-0.1, -0.05) is 50.2 Å². The Hall–Kier alpha value is -2.82. The van der Waals surface area contributed by atoms with E-state index in [0.717, 1.165) is 17.7 Å². The highest BCUT2D eigenvalue weighted by Gasteiger charge is 2.20. The molecule has 2 rings (SSSR count). The highest BCUT2D eigenvalue weighted by atomic mass is 16.6. The summed E-state index contributed by atoms with van der Waals surface area (Å²) in [5, 5.41) is 2.85. The molecule has 0 aliphatic heterocycles. The van der Waals surface area contributed by atoms with Crippen LogP contribution in [-0.2, 0) is 14.3 Å². The van der Waals surface area contributed by atoms with Gasteiger partial charge < -0.3 is 14.8 Å². The second-order valence-corrected chi connectivity index (χ2v) is 6.12. The fourth-order valence-corrected chi connectivity index (χ4v) is 2.44. The van der Waals surface area contributed by atoms with Gasteiger partial charge in [-0.05, 0) is 43.0 Å². The number of ether oxygens (including phenoxy) is 2. The molecule has 0 radical (unpaired) electrons. The predicted molar refractivity (Wildman–Crippen MR) is 101 cm³/mol. The van der Waals surface area contributed by atoms with Gasteiger partial charge in [0.05, 0.1) is 0 Å². The molecule has 0 saturated carbocycles. The van der Waals surface area contributed by atoms with E-state index in [0.29, 0.717) is 11.7 Å². The van der Waals surface area contributed by atoms with Gasteiger partial charge in [-0.25, -0.2) is 4.79 Å². The molecule has 138 valence electrons. The van der Waals surface area contributed by atoms with E-state index in [1.54, 1.807) is 19.1 Å². The standard InChI is InChI=1S/C21H25NO4/c1-4-15(2)18-12-8-9-13-19(18)22-21(24)16(3)26-20(23)14-25-17-10-6-5-7-11-17/h5-13,15-16H,4,14H2,1-3H3,(H,22,24)/t15-,16+/m0/s1. The van der Waals surface area contributed by atoms with Crippen molar-refractivity contribution < 1.29 is 19.1 Å². The summed E-state index contributed by atoms with van der Waals surface area (Å²) in [5.41, 5.74) is 1.81. The van der Waals surface area contributed by atoms with E-state index in [1.807, 2.05) is 42.5 Å². The van der Waals surface area contributed by atoms with Crippen molar-refractivity contribution in [3.8, 4) is 5.75 Å². The Morgan fingerprint density at radius 2 is 1.65 bits per heavy atom. The maximum Gasteiger partial charge on any atom is 0.344 e. The number of carbonyl (C=O) groups excluding carboxylic acids is 2. The zero-order chi connectivity index (χ0) is 18.9. The number of benzene rings is 2. The number of nitrogens with one attached hydrogen (secondary N) is 1. The van der Waals surface area contributed by atoms with Crippen LogP contribution in [0.1, 0.15) is 38.7 Å². The molecule has 0 bridgehead atoms. The third-order valence-electron chi connectivity index (χ3n) is 4.14. The van der Waals surface area contributed by atoms with Crippen molar-refractivity contribution in [3.63, 3.8) is 0 Å². The van der Waals surface area contributed by atoms with Gasteiger partial charge in [0.15, 0.2) is 12.7 Å². The first-order valence-electron chi connectivity index (χ1n) is 8.78. The third-order valence-corrected chi connectivity index (χ3v) is 4.14. The van der Waals surface area contributed by atoms with Crippen LogP contribution in [0.3, 0.4) is 0 Å². The number of anilines is 1. The quantitative estimate of drug-likeness (QED) is 0.723. The molecule has 0 spiro atoms. The number of amides is 1. The van der Waals surface area contributed by atoms with Crippen molar-refractivity contribution in [2.75, 3.05) is 11.9 Å². The summed E-state index contributed by atoms with van der Waals surface area (Å²) in [6.45, 7) is 5.50. The average Bonchev–Trinajstić information content (AvgIpc) is 2.67. The van der Waals surface area contributed by atoms with Crippen molar-refractivity contribution in [2.45, 2.75) is 39.2 Å². The lowest BCUT2D eigenvalue weighted by atomic mass is 9.97. The Bertz CT molecular complexity index is 730. The van der Waals surface area contributed by atoms with E-state index in [-0.39, 0.29) is 12.5 Å². The summed E-state index contributed by atoms with van der Waals surface area (Å²) in [6, 6.07) is 16.6. The van der Waals surface area contributed by atoms with Gasteiger partial charge in [0.1, 0.15) is 5.75 Å². The molecule has 0 fully saturated rings. The van der Waals surface area contributed by atoms with Crippen LogP contribution in [0.15, 0.2) is 54.6 Å². The minimum Gasteiger partial charge on any atom is -0.482 e. The number of hydrogen-bond donors (Lipinski definition) is 1. The van der Waals surface area contributed by atoms with Gasteiger partial charge in [-0.15, -0.1) is 0 Å². The second kappa shape index (κ2) is 9.61. The molecule has 0 saturated heterocycles. The highest BCUT2D eigenvalue weighted by molar-refractivity contribution is 5.95. The molecular formula is C21H25NO4. The minimum absolute atomic E-state index is 0.245. The van der Waals surface area contributed by atoms with E-state index in [4.69, 9.17) is 9.47 Å². The Kier molecular flexibility index (Phi) is 7.21. The van der Waals surface area contributed by atoms with Gasteiger partial charge in [-0.3, -0.25) is 4.79 Å². The van der Waals surface area contributed by atoms with Crippen LogP contribution >= 0.6 is 0 Å². The van der Waals surface area contributed by atoms with Crippen molar-refractivity contribution in [3.05, 3.63) is 60.2 Å². The van der Waals surface area contributed by atoms with Crippen LogP contribution in [0.25, 0.3) is 0 Å². The molecule has 26 heavy (non-hydrogen) atoms. The predicted octanol–water partition coefficient (Wildman–Crippen LogP) is 4.15. The number of para-hydroxylation sites is 2. The maximum atomic E-state index is 12.4. The van der Waals surface area contributed by atoms with Crippen LogP contribution < -0.4 is 10.1 Å². The molecule has 2 aromatic carbocycles. The number of hydrogen-bond acceptors (Lipinski definition) is 4. The van der Waals surface area contributed by atoms with E-state index >= 15 is 0 Å². The lowest BCUT2D eigenvalue weighted by Gasteiger charge is -2.18.